The number of likely N-dealkylation sites (N-methyl/N-ethyl adjacent to an activating group) is 1. The molecule has 0 radical (unpaired) electrons. The van der Waals surface area contributed by atoms with Gasteiger partial charge in [0.15, 0.2) is 0 Å². The zero-order chi connectivity index (χ0) is 27.4. The molecule has 1 amide bonds. The molecule has 0 spiro atoms. The van der Waals surface area contributed by atoms with Crippen LogP contribution in [0.15, 0.2) is 47.3 Å². The number of pyridine rings is 1. The van der Waals surface area contributed by atoms with E-state index in [1.165, 1.54) is 5.56 Å². The number of carbonyl (C=O) groups is 3. The highest BCUT2D eigenvalue weighted by Crippen LogP contribution is 2.40. The Labute approximate surface area is 215 Å². The van der Waals surface area contributed by atoms with Crippen LogP contribution >= 0.6 is 0 Å². The minimum atomic E-state index is -0.250. The number of hydrogen-bond donors (Lipinski definition) is 4. The number of piperidine rings is 1. The molecule has 37 heavy (non-hydrogen) atoms. The second kappa shape index (κ2) is 14.8. The summed E-state index contributed by atoms with van der Waals surface area (Å²) in [5.74, 6) is 0.933. The summed E-state index contributed by atoms with van der Waals surface area (Å²) >= 11 is 0. The van der Waals surface area contributed by atoms with Gasteiger partial charge in [0.05, 0.1) is 12.6 Å². The molecule has 2 aliphatic heterocycles. The van der Waals surface area contributed by atoms with Crippen LogP contribution in [0.5, 0.6) is 5.75 Å². The van der Waals surface area contributed by atoms with Crippen LogP contribution in [-0.4, -0.2) is 95.4 Å². The van der Waals surface area contributed by atoms with Crippen LogP contribution in [-0.2, 0) is 20.8 Å². The van der Waals surface area contributed by atoms with Crippen LogP contribution in [0.2, 0.25) is 0 Å². The lowest BCUT2D eigenvalue weighted by Gasteiger charge is -2.47. The van der Waals surface area contributed by atoms with Gasteiger partial charge in [0.25, 0.3) is 18.5 Å². The molecule has 1 fully saturated rings. The lowest BCUT2D eigenvalue weighted by atomic mass is 9.78. The van der Waals surface area contributed by atoms with E-state index in [2.05, 4.69) is 16.3 Å². The number of rotatable bonds is 7. The van der Waals surface area contributed by atoms with Gasteiger partial charge >= 0.3 is 0 Å². The summed E-state index contributed by atoms with van der Waals surface area (Å²) in [5.41, 5.74) is 2.32. The fraction of sp³-hybridized carbons (Fsp3) is 0.462. The fourth-order valence-corrected chi connectivity index (χ4v) is 5.09. The Morgan fingerprint density at radius 2 is 1.73 bits per heavy atom. The molecule has 3 heterocycles. The number of fused-ring (bicyclic) bond motifs is 4. The molecule has 11 heteroatoms. The van der Waals surface area contributed by atoms with Gasteiger partial charge in [0.2, 0.25) is 5.91 Å². The molecule has 4 N–H and O–H groups in total. The molecule has 1 saturated heterocycles. The molecular formula is C26H36N4O7. The number of carbonyl (C=O) groups excluding carboxylic acids is 1. The monoisotopic (exact) mass is 516 g/mol. The van der Waals surface area contributed by atoms with Crippen LogP contribution in [0.1, 0.15) is 29.6 Å². The minimum absolute atomic E-state index is 0.0161. The molecule has 2 aromatic rings. The molecule has 0 unspecified atom stereocenters. The van der Waals surface area contributed by atoms with Crippen LogP contribution in [0.25, 0.3) is 0 Å². The predicted octanol–water partition coefficient (Wildman–Crippen LogP) is 0.836. The van der Waals surface area contributed by atoms with E-state index in [4.69, 9.17) is 19.8 Å². The topological polar surface area (TPSA) is 152 Å². The van der Waals surface area contributed by atoms with Crippen molar-refractivity contribution in [3.05, 3.63) is 64.1 Å². The third-order valence-electron chi connectivity index (χ3n) is 6.50. The normalized spacial score (nSPS) is 19.8. The van der Waals surface area contributed by atoms with Gasteiger partial charge in [-0.2, -0.15) is 0 Å². The second-order valence-corrected chi connectivity index (χ2v) is 9.35. The number of nitrogens with one attached hydrogen (secondary N) is 1. The maximum Gasteiger partial charge on any atom is 0.290 e. The van der Waals surface area contributed by atoms with Gasteiger partial charge in [-0.3, -0.25) is 19.2 Å². The fourth-order valence-electron chi connectivity index (χ4n) is 5.09. The summed E-state index contributed by atoms with van der Waals surface area (Å²) < 4.78 is 1.94. The number of aromatic nitrogens is 1. The maximum atomic E-state index is 12.8. The number of hydrogen-bond acceptors (Lipinski definition) is 7. The molecule has 2 bridgehead atoms. The molecule has 2 aliphatic rings. The van der Waals surface area contributed by atoms with E-state index >= 15 is 0 Å². The summed E-state index contributed by atoms with van der Waals surface area (Å²) in [6.45, 7) is 3.12. The van der Waals surface area contributed by atoms with E-state index in [9.17, 15) is 14.7 Å². The summed E-state index contributed by atoms with van der Waals surface area (Å²) in [6.07, 6.45) is 1.97. The summed E-state index contributed by atoms with van der Waals surface area (Å²) in [5, 5.41) is 26.3. The van der Waals surface area contributed by atoms with E-state index in [0.29, 0.717) is 24.9 Å². The Morgan fingerprint density at radius 1 is 1.08 bits per heavy atom. The van der Waals surface area contributed by atoms with E-state index in [1.54, 1.807) is 18.2 Å². The quantitative estimate of drug-likeness (QED) is 0.392. The smallest absolute Gasteiger partial charge is 0.290 e. The Bertz CT molecular complexity index is 1070. The van der Waals surface area contributed by atoms with E-state index < -0.39 is 0 Å². The highest BCUT2D eigenvalue weighted by molar-refractivity contribution is 5.77. The third kappa shape index (κ3) is 8.72. The lowest BCUT2D eigenvalue weighted by molar-refractivity contribution is -0.123. The number of nitrogens with zero attached hydrogens (tertiary/aromatic N) is 3. The number of phenolic OH excluding ortho intramolecular Hbond substituents is 1. The van der Waals surface area contributed by atoms with Crippen molar-refractivity contribution in [1.29, 1.82) is 0 Å². The van der Waals surface area contributed by atoms with Crippen molar-refractivity contribution in [2.75, 3.05) is 46.8 Å². The molecule has 202 valence electrons. The summed E-state index contributed by atoms with van der Waals surface area (Å²) in [4.78, 5) is 46.1. The van der Waals surface area contributed by atoms with Gasteiger partial charge in [0.1, 0.15) is 5.75 Å². The average Bonchev–Trinajstić information content (AvgIpc) is 2.84. The second-order valence-electron chi connectivity index (χ2n) is 9.35. The van der Waals surface area contributed by atoms with Crippen molar-refractivity contribution in [2.24, 2.45) is 5.92 Å². The first-order valence-electron chi connectivity index (χ1n) is 12.0. The molecule has 1 aromatic heterocycles. The lowest BCUT2D eigenvalue weighted by Crippen LogP contribution is -2.52. The number of phenols is 1. The van der Waals surface area contributed by atoms with Crippen LogP contribution in [0.3, 0.4) is 0 Å². The standard InChI is InChI=1S/C24H32N4O3.2CH2O2/c1-26(2)16-23(30)25-13-22-19-12-18(21-4-3-5-24(31)28(21)22)14-27(15-19)11-10-17-6-8-20(29)9-7-17;2*2-1-3/h3-9,18-19,22,29H,10-16H2,1-2H3,(H,25,30);2*1H,(H,2,3)/t18-,19+,22+;;/m1../s1. The largest absolute Gasteiger partial charge is 0.508 e. The third-order valence-corrected chi connectivity index (χ3v) is 6.50. The minimum Gasteiger partial charge on any atom is -0.508 e. The molecule has 1 aromatic carbocycles. The van der Waals surface area contributed by atoms with Crippen molar-refractivity contribution < 1.29 is 29.7 Å². The molecule has 0 saturated carbocycles. The van der Waals surface area contributed by atoms with Gasteiger partial charge in [-0.25, -0.2) is 0 Å². The maximum absolute atomic E-state index is 12.8. The SMILES string of the molecule is CN(C)CC(=O)NC[C@H]1[C@H]2C[C@H](CN(CCc3ccc(O)cc3)C2)c2cccc(=O)n21.O=CO.O=CO. The molecule has 4 rings (SSSR count). The van der Waals surface area contributed by atoms with E-state index in [1.807, 2.05) is 41.8 Å². The van der Waals surface area contributed by atoms with Crippen LogP contribution < -0.4 is 10.9 Å². The number of benzene rings is 1. The van der Waals surface area contributed by atoms with Crippen molar-refractivity contribution in [3.63, 3.8) is 0 Å². The van der Waals surface area contributed by atoms with E-state index in [-0.39, 0.29) is 36.2 Å². The van der Waals surface area contributed by atoms with Crippen molar-refractivity contribution >= 4 is 18.9 Å². The first kappa shape index (κ1) is 29.5. The first-order chi connectivity index (χ1) is 17.7. The number of carboxylic acid groups (broad SMARTS) is 2. The molecule has 0 aliphatic carbocycles. The first-order valence-corrected chi connectivity index (χ1v) is 12.0. The number of amides is 1. The molecule has 3 atom stereocenters. The highest BCUT2D eigenvalue weighted by Gasteiger charge is 2.40. The van der Waals surface area contributed by atoms with Gasteiger partial charge in [-0.05, 0) is 56.6 Å². The van der Waals surface area contributed by atoms with Crippen LogP contribution in [0, 0.1) is 5.92 Å². The Balaban J connectivity index is 0.000000733. The predicted molar refractivity (Wildman–Crippen MR) is 138 cm³/mol. The van der Waals surface area contributed by atoms with E-state index in [0.717, 1.165) is 38.2 Å². The Morgan fingerprint density at radius 3 is 2.35 bits per heavy atom. The Hall–Kier alpha value is -3.70. The Kier molecular flexibility index (Phi) is 11.8. The average molecular weight is 517 g/mol. The van der Waals surface area contributed by atoms with Crippen molar-refractivity contribution in [2.45, 2.75) is 24.8 Å². The zero-order valence-electron chi connectivity index (χ0n) is 21.2. The number of likely N-dealkylation sites (tertiary alicyclic amines) is 1. The summed E-state index contributed by atoms with van der Waals surface area (Å²) in [6, 6.07) is 12.9. The van der Waals surface area contributed by atoms with Crippen molar-refractivity contribution in [1.82, 2.24) is 19.7 Å². The van der Waals surface area contributed by atoms with Gasteiger partial charge in [-0.15, -0.1) is 0 Å². The molecule has 11 nitrogen and oxygen atoms in total. The highest BCUT2D eigenvalue weighted by atomic mass is 16.3. The molecular weight excluding hydrogens is 480 g/mol. The number of aromatic hydroxyl groups is 1. The van der Waals surface area contributed by atoms with Gasteiger partial charge < -0.3 is 35.0 Å². The van der Waals surface area contributed by atoms with Crippen molar-refractivity contribution in [3.8, 4) is 5.75 Å². The summed E-state index contributed by atoms with van der Waals surface area (Å²) in [7, 11) is 3.75. The van der Waals surface area contributed by atoms with Crippen LogP contribution in [0.4, 0.5) is 0 Å². The van der Waals surface area contributed by atoms with Gasteiger partial charge in [0, 0.05) is 43.9 Å². The van der Waals surface area contributed by atoms with Gasteiger partial charge in [-0.1, -0.05) is 18.2 Å². The zero-order valence-corrected chi connectivity index (χ0v) is 21.2.